The van der Waals surface area contributed by atoms with Gasteiger partial charge in [0.2, 0.25) is 5.91 Å². The number of amides is 3. The lowest BCUT2D eigenvalue weighted by Crippen LogP contribution is -2.46. The van der Waals surface area contributed by atoms with E-state index in [9.17, 15) is 9.59 Å². The third-order valence-corrected chi connectivity index (χ3v) is 3.95. The molecule has 3 N–H and O–H groups in total. The van der Waals surface area contributed by atoms with E-state index >= 15 is 0 Å². The first-order valence-electron chi connectivity index (χ1n) is 7.53. The smallest absolute Gasteiger partial charge is 0.317 e. The first kappa shape index (κ1) is 15.4. The van der Waals surface area contributed by atoms with Gasteiger partial charge in [-0.05, 0) is 31.2 Å². The summed E-state index contributed by atoms with van der Waals surface area (Å²) in [6.45, 7) is 1.89. The fraction of sp³-hybridized carbons (Fsp3) is 0.500. The highest BCUT2D eigenvalue weighted by molar-refractivity contribution is 5.78. The predicted molar refractivity (Wildman–Crippen MR) is 81.7 cm³/mol. The van der Waals surface area contributed by atoms with Crippen molar-refractivity contribution in [3.8, 4) is 0 Å². The molecule has 0 aromatic heterocycles. The van der Waals surface area contributed by atoms with Crippen LogP contribution in [0.3, 0.4) is 0 Å². The molecule has 3 amide bonds. The van der Waals surface area contributed by atoms with Crippen molar-refractivity contribution in [2.75, 3.05) is 19.6 Å². The van der Waals surface area contributed by atoms with Crippen LogP contribution in [-0.2, 0) is 11.2 Å². The maximum Gasteiger partial charge on any atom is 0.317 e. The van der Waals surface area contributed by atoms with Gasteiger partial charge in [-0.2, -0.15) is 0 Å². The van der Waals surface area contributed by atoms with Crippen molar-refractivity contribution in [3.63, 3.8) is 0 Å². The Kier molecular flexibility index (Phi) is 5.60. The first-order valence-corrected chi connectivity index (χ1v) is 7.53. The lowest BCUT2D eigenvalue weighted by atomic mass is 9.96. The Hall–Kier alpha value is -2.04. The lowest BCUT2D eigenvalue weighted by molar-refractivity contribution is -0.123. The molecular formula is C16H23N3O2. The number of likely N-dealkylation sites (tertiary alicyclic amines) is 1. The number of benzene rings is 1. The predicted octanol–water partition coefficient (Wildman–Crippen LogP) is 1.53. The van der Waals surface area contributed by atoms with E-state index in [4.69, 9.17) is 5.73 Å². The van der Waals surface area contributed by atoms with Crippen LogP contribution in [0.25, 0.3) is 0 Å². The van der Waals surface area contributed by atoms with E-state index in [1.807, 2.05) is 18.2 Å². The Labute approximate surface area is 125 Å². The Bertz CT molecular complexity index is 468. The number of hydrogen-bond acceptors (Lipinski definition) is 2. The minimum Gasteiger partial charge on any atom is -0.369 e. The number of nitrogens with zero attached hydrogens (tertiary/aromatic N) is 1. The maximum atomic E-state index is 12.0. The molecule has 0 radical (unpaired) electrons. The third-order valence-electron chi connectivity index (χ3n) is 3.95. The van der Waals surface area contributed by atoms with E-state index in [0.717, 1.165) is 12.8 Å². The molecule has 0 aliphatic carbocycles. The van der Waals surface area contributed by atoms with Crippen LogP contribution in [0.4, 0.5) is 4.79 Å². The minimum atomic E-state index is -0.252. The zero-order valence-electron chi connectivity index (χ0n) is 12.3. The fourth-order valence-corrected chi connectivity index (χ4v) is 2.61. The number of piperidine rings is 1. The summed E-state index contributed by atoms with van der Waals surface area (Å²) >= 11 is 0. The summed E-state index contributed by atoms with van der Waals surface area (Å²) in [4.78, 5) is 24.8. The highest BCUT2D eigenvalue weighted by Gasteiger charge is 2.25. The number of nitrogens with one attached hydrogen (secondary N) is 1. The number of nitrogens with two attached hydrogens (primary N) is 1. The van der Waals surface area contributed by atoms with Crippen molar-refractivity contribution in [1.82, 2.24) is 10.2 Å². The summed E-state index contributed by atoms with van der Waals surface area (Å²) in [6.07, 6.45) is 3.23. The first-order chi connectivity index (χ1) is 10.2. The van der Waals surface area contributed by atoms with Gasteiger partial charge in [-0.3, -0.25) is 4.79 Å². The standard InChI is InChI=1S/C16H23N3O2/c17-15(20)14-8-11-19(12-9-14)16(21)18-10-4-7-13-5-2-1-3-6-13/h1-3,5-6,14H,4,7-12H2,(H2,17,20)(H,18,21). The van der Waals surface area contributed by atoms with Gasteiger partial charge in [0.25, 0.3) is 0 Å². The Morgan fingerprint density at radius 1 is 1.19 bits per heavy atom. The topological polar surface area (TPSA) is 75.4 Å². The Balaban J connectivity index is 1.63. The molecule has 1 aromatic rings. The lowest BCUT2D eigenvalue weighted by Gasteiger charge is -2.30. The second-order valence-electron chi connectivity index (χ2n) is 5.48. The van der Waals surface area contributed by atoms with Crippen LogP contribution in [0.1, 0.15) is 24.8 Å². The fourth-order valence-electron chi connectivity index (χ4n) is 2.61. The molecule has 1 fully saturated rings. The van der Waals surface area contributed by atoms with Crippen LogP contribution in [0.2, 0.25) is 0 Å². The van der Waals surface area contributed by atoms with Gasteiger partial charge >= 0.3 is 6.03 Å². The summed E-state index contributed by atoms with van der Waals surface area (Å²) < 4.78 is 0. The Morgan fingerprint density at radius 2 is 1.86 bits per heavy atom. The Morgan fingerprint density at radius 3 is 2.48 bits per heavy atom. The molecule has 0 atom stereocenters. The number of carbonyl (C=O) groups is 2. The van der Waals surface area contributed by atoms with Gasteiger partial charge in [-0.25, -0.2) is 4.79 Å². The van der Waals surface area contributed by atoms with Crippen LogP contribution < -0.4 is 11.1 Å². The summed E-state index contributed by atoms with van der Waals surface area (Å²) in [6, 6.07) is 10.2. The van der Waals surface area contributed by atoms with Crippen molar-refractivity contribution in [3.05, 3.63) is 35.9 Å². The average molecular weight is 289 g/mol. The molecule has 0 saturated carbocycles. The zero-order valence-corrected chi connectivity index (χ0v) is 12.3. The van der Waals surface area contributed by atoms with Gasteiger partial charge < -0.3 is 16.0 Å². The van der Waals surface area contributed by atoms with E-state index in [1.54, 1.807) is 4.90 Å². The van der Waals surface area contributed by atoms with Crippen molar-refractivity contribution >= 4 is 11.9 Å². The van der Waals surface area contributed by atoms with E-state index in [-0.39, 0.29) is 17.9 Å². The minimum absolute atomic E-state index is 0.0361. The molecule has 0 bridgehead atoms. The quantitative estimate of drug-likeness (QED) is 0.807. The summed E-state index contributed by atoms with van der Waals surface area (Å²) in [5.41, 5.74) is 6.57. The molecule has 1 aliphatic heterocycles. The second-order valence-corrected chi connectivity index (χ2v) is 5.48. The molecule has 114 valence electrons. The van der Waals surface area contributed by atoms with Crippen molar-refractivity contribution in [2.45, 2.75) is 25.7 Å². The molecule has 1 heterocycles. The van der Waals surface area contributed by atoms with Gasteiger partial charge in [0.15, 0.2) is 0 Å². The number of urea groups is 1. The van der Waals surface area contributed by atoms with Gasteiger partial charge in [0, 0.05) is 25.6 Å². The van der Waals surface area contributed by atoms with Gasteiger partial charge in [0.1, 0.15) is 0 Å². The monoisotopic (exact) mass is 289 g/mol. The molecule has 0 spiro atoms. The molecule has 21 heavy (non-hydrogen) atoms. The normalized spacial score (nSPS) is 15.7. The average Bonchev–Trinajstić information content (AvgIpc) is 2.52. The molecule has 1 aliphatic rings. The van der Waals surface area contributed by atoms with Crippen LogP contribution in [-0.4, -0.2) is 36.5 Å². The van der Waals surface area contributed by atoms with Crippen LogP contribution in [0, 0.1) is 5.92 Å². The number of carbonyl (C=O) groups excluding carboxylic acids is 2. The highest BCUT2D eigenvalue weighted by atomic mass is 16.2. The number of rotatable bonds is 5. The van der Waals surface area contributed by atoms with E-state index in [1.165, 1.54) is 5.56 Å². The van der Waals surface area contributed by atoms with Gasteiger partial charge in [-0.15, -0.1) is 0 Å². The van der Waals surface area contributed by atoms with Crippen LogP contribution >= 0.6 is 0 Å². The summed E-state index contributed by atoms with van der Waals surface area (Å²) in [5.74, 6) is -0.329. The van der Waals surface area contributed by atoms with Crippen LogP contribution in [0.15, 0.2) is 30.3 Å². The SMILES string of the molecule is NC(=O)C1CCN(C(=O)NCCCc2ccccc2)CC1. The molecule has 0 unspecified atom stereocenters. The molecule has 5 heteroatoms. The number of aryl methyl sites for hydroxylation is 1. The molecule has 1 saturated heterocycles. The van der Waals surface area contributed by atoms with E-state index < -0.39 is 0 Å². The van der Waals surface area contributed by atoms with Gasteiger partial charge in [-0.1, -0.05) is 30.3 Å². The number of primary amides is 1. The van der Waals surface area contributed by atoms with E-state index in [2.05, 4.69) is 17.4 Å². The molecular weight excluding hydrogens is 266 g/mol. The molecule has 5 nitrogen and oxygen atoms in total. The summed E-state index contributed by atoms with van der Waals surface area (Å²) in [7, 11) is 0. The van der Waals surface area contributed by atoms with Crippen LogP contribution in [0.5, 0.6) is 0 Å². The molecule has 2 rings (SSSR count). The molecule has 1 aromatic carbocycles. The van der Waals surface area contributed by atoms with Gasteiger partial charge in [0.05, 0.1) is 0 Å². The van der Waals surface area contributed by atoms with Crippen molar-refractivity contribution in [2.24, 2.45) is 11.7 Å². The summed E-state index contributed by atoms with van der Waals surface area (Å²) in [5, 5.41) is 2.94. The van der Waals surface area contributed by atoms with E-state index in [0.29, 0.717) is 32.5 Å². The zero-order chi connectivity index (χ0) is 15.1. The van der Waals surface area contributed by atoms with Crippen molar-refractivity contribution < 1.29 is 9.59 Å². The van der Waals surface area contributed by atoms with Crippen molar-refractivity contribution in [1.29, 1.82) is 0 Å². The maximum absolute atomic E-state index is 12.0. The second kappa shape index (κ2) is 7.67. The highest BCUT2D eigenvalue weighted by Crippen LogP contribution is 2.16. The largest absolute Gasteiger partial charge is 0.369 e. The number of hydrogen-bond donors (Lipinski definition) is 2. The third kappa shape index (κ3) is 4.77.